The fourth-order valence-corrected chi connectivity index (χ4v) is 5.70. The molecule has 188 valence electrons. The number of aromatic nitrogens is 1. The Kier molecular flexibility index (Phi) is 5.51. The highest BCUT2D eigenvalue weighted by Crippen LogP contribution is 2.60. The van der Waals surface area contributed by atoms with Gasteiger partial charge in [-0.25, -0.2) is 4.39 Å². The first-order chi connectivity index (χ1) is 17.0. The molecule has 1 aromatic heterocycles. The van der Waals surface area contributed by atoms with Crippen LogP contribution in [0.15, 0.2) is 60.9 Å². The van der Waals surface area contributed by atoms with Crippen LogP contribution in [0.3, 0.4) is 0 Å². The fourth-order valence-electron chi connectivity index (χ4n) is 5.70. The van der Waals surface area contributed by atoms with E-state index in [1.807, 2.05) is 26.8 Å². The van der Waals surface area contributed by atoms with Gasteiger partial charge in [0.05, 0.1) is 23.1 Å². The highest BCUT2D eigenvalue weighted by molar-refractivity contribution is 6.03. The van der Waals surface area contributed by atoms with Crippen LogP contribution in [0.2, 0.25) is 0 Å². The molecule has 0 aliphatic carbocycles. The molecule has 0 unspecified atom stereocenters. The number of likely N-dealkylation sites (tertiary alicyclic amines) is 1. The van der Waals surface area contributed by atoms with E-state index < -0.39 is 46.3 Å². The van der Waals surface area contributed by atoms with Crippen molar-refractivity contribution in [2.75, 3.05) is 5.32 Å². The van der Waals surface area contributed by atoms with Crippen molar-refractivity contribution in [2.24, 2.45) is 11.8 Å². The maximum absolute atomic E-state index is 14.3. The number of benzene rings is 1. The third-order valence-corrected chi connectivity index (χ3v) is 7.03. The van der Waals surface area contributed by atoms with Gasteiger partial charge in [-0.05, 0) is 51.5 Å². The zero-order valence-electron chi connectivity index (χ0n) is 20.6. The number of hydrogen-bond donors (Lipinski definition) is 2. The number of fused-ring (bicyclic) bond motifs is 1. The van der Waals surface area contributed by atoms with Gasteiger partial charge in [0.25, 0.3) is 0 Å². The van der Waals surface area contributed by atoms with Crippen LogP contribution < -0.4 is 10.6 Å². The number of nitrogens with zero attached hydrogens (tertiary/aromatic N) is 2. The number of amides is 3. The summed E-state index contributed by atoms with van der Waals surface area (Å²) >= 11 is 0. The van der Waals surface area contributed by atoms with Gasteiger partial charge in [-0.3, -0.25) is 19.4 Å². The minimum absolute atomic E-state index is 0.0200. The van der Waals surface area contributed by atoms with Crippen molar-refractivity contribution in [3.8, 4) is 0 Å². The maximum Gasteiger partial charge on any atom is 0.246 e. The largest absolute Gasteiger partial charge is 0.356 e. The van der Waals surface area contributed by atoms with Crippen molar-refractivity contribution in [1.82, 2.24) is 15.2 Å². The molecule has 3 aliphatic rings. The van der Waals surface area contributed by atoms with Gasteiger partial charge in [-0.15, -0.1) is 0 Å². The molecule has 3 aliphatic heterocycles. The van der Waals surface area contributed by atoms with Crippen LogP contribution in [0.5, 0.6) is 0 Å². The molecule has 3 amide bonds. The Hall–Kier alpha value is -3.59. The number of hydrogen-bond acceptors (Lipinski definition) is 5. The molecule has 2 fully saturated rings. The highest BCUT2D eigenvalue weighted by Gasteiger charge is 2.76. The number of para-hydroxylation sites is 1. The Labute approximate surface area is 208 Å². The molecule has 4 heterocycles. The number of nitrogens with one attached hydrogen (secondary N) is 2. The molecule has 0 radical (unpaired) electrons. The average Bonchev–Trinajstić information content (AvgIpc) is 3.36. The standard InChI is InChI=1S/C27H29FN4O4/c1-25(2,3)31-23(34)21-27-12-11-26(4,36-27)19(22(33)30-18-10-6-5-9-17(18)28)20(27)24(35)32(21)15-16-8-7-13-29-14-16/h5-14,19-21H,15H2,1-4H3,(H,30,33)(H,31,34)/t19-,20-,21-,26+,27-/m0/s1. The van der Waals surface area contributed by atoms with Crippen molar-refractivity contribution in [3.05, 3.63) is 72.3 Å². The molecule has 2 N–H and O–H groups in total. The lowest BCUT2D eigenvalue weighted by molar-refractivity contribution is -0.145. The maximum atomic E-state index is 14.3. The van der Waals surface area contributed by atoms with Crippen LogP contribution in [-0.2, 0) is 25.7 Å². The second kappa shape index (κ2) is 8.23. The van der Waals surface area contributed by atoms with E-state index >= 15 is 0 Å². The predicted molar refractivity (Wildman–Crippen MR) is 130 cm³/mol. The van der Waals surface area contributed by atoms with Crippen molar-refractivity contribution in [1.29, 1.82) is 0 Å². The number of pyridine rings is 1. The smallest absolute Gasteiger partial charge is 0.246 e. The number of carbonyl (C=O) groups is 3. The van der Waals surface area contributed by atoms with Gasteiger partial charge in [-0.2, -0.15) is 0 Å². The lowest BCUT2D eigenvalue weighted by atomic mass is 9.70. The summed E-state index contributed by atoms with van der Waals surface area (Å²) in [6.45, 7) is 7.42. The first kappa shape index (κ1) is 24.1. The van der Waals surface area contributed by atoms with E-state index in [4.69, 9.17) is 4.74 Å². The van der Waals surface area contributed by atoms with Gasteiger partial charge in [0, 0.05) is 24.5 Å². The van der Waals surface area contributed by atoms with E-state index in [9.17, 15) is 18.8 Å². The SMILES string of the molecule is CC(C)(C)NC(=O)[C@@H]1N(Cc2cccnc2)C(=O)[C@@H]2[C@@H](C(=O)Nc3ccccc3F)[C@@]3(C)C=C[C@]21O3. The number of ether oxygens (including phenoxy) is 1. The highest BCUT2D eigenvalue weighted by atomic mass is 19.1. The van der Waals surface area contributed by atoms with Gasteiger partial charge >= 0.3 is 0 Å². The average molecular weight is 493 g/mol. The number of rotatable bonds is 5. The third kappa shape index (κ3) is 3.78. The lowest BCUT2D eigenvalue weighted by Gasteiger charge is -2.35. The van der Waals surface area contributed by atoms with E-state index in [0.29, 0.717) is 0 Å². The molecule has 2 bridgehead atoms. The molecule has 5 atom stereocenters. The van der Waals surface area contributed by atoms with Crippen LogP contribution >= 0.6 is 0 Å². The number of halogens is 1. The molecule has 2 aromatic rings. The molecule has 1 aromatic carbocycles. The van der Waals surface area contributed by atoms with E-state index in [-0.39, 0.29) is 24.0 Å². The Morgan fingerprint density at radius 2 is 1.89 bits per heavy atom. The summed E-state index contributed by atoms with van der Waals surface area (Å²) in [4.78, 5) is 46.8. The Bertz CT molecular complexity index is 1260. The van der Waals surface area contributed by atoms with E-state index in [0.717, 1.165) is 5.56 Å². The first-order valence-corrected chi connectivity index (χ1v) is 11.9. The van der Waals surface area contributed by atoms with E-state index in [1.165, 1.54) is 23.1 Å². The molecular weight excluding hydrogens is 463 g/mol. The minimum Gasteiger partial charge on any atom is -0.356 e. The summed E-state index contributed by atoms with van der Waals surface area (Å²) in [5, 5.41) is 5.61. The molecule has 9 heteroatoms. The summed E-state index contributed by atoms with van der Waals surface area (Å²) in [6, 6.07) is 8.43. The van der Waals surface area contributed by atoms with Crippen molar-refractivity contribution in [2.45, 2.75) is 57.0 Å². The lowest BCUT2D eigenvalue weighted by Crippen LogP contribution is -2.57. The number of anilines is 1. The van der Waals surface area contributed by atoms with Crippen LogP contribution in [0, 0.1) is 17.7 Å². The molecule has 8 nitrogen and oxygen atoms in total. The zero-order valence-corrected chi connectivity index (χ0v) is 20.6. The Balaban J connectivity index is 1.55. The van der Waals surface area contributed by atoms with Crippen LogP contribution in [0.25, 0.3) is 0 Å². The first-order valence-electron chi connectivity index (χ1n) is 11.9. The van der Waals surface area contributed by atoms with Crippen LogP contribution in [-0.4, -0.2) is 50.4 Å². The summed E-state index contributed by atoms with van der Waals surface area (Å²) < 4.78 is 20.8. The zero-order chi connectivity index (χ0) is 25.9. The summed E-state index contributed by atoms with van der Waals surface area (Å²) in [5.41, 5.74) is -2.25. The van der Waals surface area contributed by atoms with Crippen LogP contribution in [0.1, 0.15) is 33.3 Å². The Morgan fingerprint density at radius 3 is 2.56 bits per heavy atom. The normalized spacial score (nSPS) is 30.4. The van der Waals surface area contributed by atoms with Gasteiger partial charge in [0.1, 0.15) is 17.5 Å². The van der Waals surface area contributed by atoms with E-state index in [2.05, 4.69) is 15.6 Å². The summed E-state index contributed by atoms with van der Waals surface area (Å²) in [5.74, 6) is -3.76. The molecule has 0 saturated carbocycles. The van der Waals surface area contributed by atoms with Crippen molar-refractivity contribution >= 4 is 23.4 Å². The molecule has 2 saturated heterocycles. The molecular formula is C27H29FN4O4. The quantitative estimate of drug-likeness (QED) is 0.626. The van der Waals surface area contributed by atoms with Crippen molar-refractivity contribution < 1.29 is 23.5 Å². The number of carbonyl (C=O) groups excluding carboxylic acids is 3. The van der Waals surface area contributed by atoms with Gasteiger partial charge in [-0.1, -0.05) is 30.4 Å². The second-order valence-electron chi connectivity index (χ2n) is 10.9. The molecule has 36 heavy (non-hydrogen) atoms. The fraction of sp³-hybridized carbons (Fsp3) is 0.407. The monoisotopic (exact) mass is 492 g/mol. The summed E-state index contributed by atoms with van der Waals surface area (Å²) in [6.07, 6.45) is 6.76. The summed E-state index contributed by atoms with van der Waals surface area (Å²) in [7, 11) is 0. The molecule has 5 rings (SSSR count). The van der Waals surface area contributed by atoms with Gasteiger partial charge < -0.3 is 20.3 Å². The topological polar surface area (TPSA) is 101 Å². The van der Waals surface area contributed by atoms with Gasteiger partial charge in [0.15, 0.2) is 0 Å². The molecule has 1 spiro atoms. The van der Waals surface area contributed by atoms with E-state index in [1.54, 1.807) is 43.6 Å². The second-order valence-corrected chi connectivity index (χ2v) is 10.9. The van der Waals surface area contributed by atoms with Crippen molar-refractivity contribution in [3.63, 3.8) is 0 Å². The third-order valence-electron chi connectivity index (χ3n) is 7.03. The van der Waals surface area contributed by atoms with Crippen LogP contribution in [0.4, 0.5) is 10.1 Å². The minimum atomic E-state index is -1.33. The predicted octanol–water partition coefficient (Wildman–Crippen LogP) is 2.81. The Morgan fingerprint density at radius 1 is 1.14 bits per heavy atom. The van der Waals surface area contributed by atoms with Gasteiger partial charge in [0.2, 0.25) is 17.7 Å².